The van der Waals surface area contributed by atoms with Gasteiger partial charge in [-0.25, -0.2) is 0 Å². The standard InChI is InChI=1S/C18H25N5/c1-4-5-6-10-13-23(15-11-8-7-9-12-15)18-21-16(14(2)3)20-17(19)22-18/h7-9,11-12H,2,4-6,10,13H2,1,3H3,(H2,19,20,21,22). The molecule has 0 saturated heterocycles. The summed E-state index contributed by atoms with van der Waals surface area (Å²) in [5.74, 6) is 1.35. The molecule has 0 radical (unpaired) electrons. The summed E-state index contributed by atoms with van der Waals surface area (Å²) in [7, 11) is 0. The molecule has 1 aromatic heterocycles. The summed E-state index contributed by atoms with van der Waals surface area (Å²) in [6.45, 7) is 8.83. The van der Waals surface area contributed by atoms with Crippen LogP contribution in [0.3, 0.4) is 0 Å². The molecule has 5 nitrogen and oxygen atoms in total. The summed E-state index contributed by atoms with van der Waals surface area (Å²) < 4.78 is 0. The Bertz CT molecular complexity index is 639. The summed E-state index contributed by atoms with van der Waals surface area (Å²) in [5.41, 5.74) is 7.69. The summed E-state index contributed by atoms with van der Waals surface area (Å²) in [6.07, 6.45) is 4.72. The van der Waals surface area contributed by atoms with E-state index < -0.39 is 0 Å². The topological polar surface area (TPSA) is 67.9 Å². The SMILES string of the molecule is C=C(C)c1nc(N)nc(N(CCCCCC)c2ccccc2)n1. The van der Waals surface area contributed by atoms with Crippen LogP contribution >= 0.6 is 0 Å². The molecule has 0 saturated carbocycles. The molecule has 0 spiro atoms. The monoisotopic (exact) mass is 311 g/mol. The number of anilines is 3. The van der Waals surface area contributed by atoms with Crippen LogP contribution in [0.15, 0.2) is 36.9 Å². The average molecular weight is 311 g/mol. The maximum Gasteiger partial charge on any atom is 0.235 e. The molecule has 1 aromatic carbocycles. The van der Waals surface area contributed by atoms with E-state index in [4.69, 9.17) is 5.73 Å². The minimum atomic E-state index is 0.225. The predicted octanol–water partition coefficient (Wildman–Crippen LogP) is 4.21. The average Bonchev–Trinajstić information content (AvgIpc) is 2.55. The number of rotatable bonds is 8. The Morgan fingerprint density at radius 1 is 1.09 bits per heavy atom. The van der Waals surface area contributed by atoms with E-state index in [9.17, 15) is 0 Å². The Balaban J connectivity index is 2.31. The highest BCUT2D eigenvalue weighted by atomic mass is 15.3. The van der Waals surface area contributed by atoms with Gasteiger partial charge < -0.3 is 10.6 Å². The van der Waals surface area contributed by atoms with Crippen LogP contribution in [0.25, 0.3) is 5.57 Å². The molecular formula is C18H25N5. The molecule has 0 aliphatic rings. The molecule has 23 heavy (non-hydrogen) atoms. The van der Waals surface area contributed by atoms with Gasteiger partial charge in [0.2, 0.25) is 11.9 Å². The zero-order valence-corrected chi connectivity index (χ0v) is 14.0. The lowest BCUT2D eigenvalue weighted by Gasteiger charge is -2.23. The Kier molecular flexibility index (Phi) is 6.09. The Labute approximate surface area is 138 Å². The lowest BCUT2D eigenvalue weighted by atomic mass is 10.2. The molecule has 2 N–H and O–H groups in total. The van der Waals surface area contributed by atoms with Crippen molar-refractivity contribution >= 4 is 23.2 Å². The molecule has 0 aliphatic heterocycles. The third-order valence-electron chi connectivity index (χ3n) is 3.57. The largest absolute Gasteiger partial charge is 0.368 e. The number of hydrogen-bond donors (Lipinski definition) is 1. The van der Waals surface area contributed by atoms with Gasteiger partial charge in [0.15, 0.2) is 5.82 Å². The van der Waals surface area contributed by atoms with Crippen LogP contribution in [0.4, 0.5) is 17.6 Å². The molecule has 0 fully saturated rings. The molecule has 0 amide bonds. The van der Waals surface area contributed by atoms with Crippen molar-refractivity contribution < 1.29 is 0 Å². The van der Waals surface area contributed by atoms with Gasteiger partial charge in [0.1, 0.15) is 0 Å². The summed E-state index contributed by atoms with van der Waals surface area (Å²) in [4.78, 5) is 15.1. The van der Waals surface area contributed by atoms with Crippen molar-refractivity contribution in [2.24, 2.45) is 0 Å². The van der Waals surface area contributed by atoms with Crippen molar-refractivity contribution in [3.05, 3.63) is 42.7 Å². The van der Waals surface area contributed by atoms with Crippen molar-refractivity contribution in [1.82, 2.24) is 15.0 Å². The molecule has 0 bridgehead atoms. The molecule has 2 rings (SSSR count). The first kappa shape index (κ1) is 16.9. The van der Waals surface area contributed by atoms with Crippen molar-refractivity contribution in [3.63, 3.8) is 0 Å². The number of nitrogens with zero attached hydrogens (tertiary/aromatic N) is 4. The van der Waals surface area contributed by atoms with E-state index in [1.165, 1.54) is 19.3 Å². The number of nitrogen functional groups attached to an aromatic ring is 1. The van der Waals surface area contributed by atoms with Crippen molar-refractivity contribution in [3.8, 4) is 0 Å². The number of para-hydroxylation sites is 1. The predicted molar refractivity (Wildman–Crippen MR) is 96.5 cm³/mol. The van der Waals surface area contributed by atoms with Gasteiger partial charge in [-0.15, -0.1) is 0 Å². The molecular weight excluding hydrogens is 286 g/mol. The second-order valence-corrected chi connectivity index (χ2v) is 5.65. The molecule has 1 heterocycles. The maximum absolute atomic E-state index is 5.86. The number of unbranched alkanes of at least 4 members (excludes halogenated alkanes) is 3. The smallest absolute Gasteiger partial charge is 0.235 e. The number of nitrogens with two attached hydrogens (primary N) is 1. The summed E-state index contributed by atoms with van der Waals surface area (Å²) in [6, 6.07) is 10.1. The Morgan fingerprint density at radius 2 is 1.83 bits per heavy atom. The third-order valence-corrected chi connectivity index (χ3v) is 3.57. The Morgan fingerprint density at radius 3 is 2.48 bits per heavy atom. The Hall–Kier alpha value is -2.43. The number of aromatic nitrogens is 3. The first-order valence-electron chi connectivity index (χ1n) is 8.12. The minimum absolute atomic E-state index is 0.225. The minimum Gasteiger partial charge on any atom is -0.368 e. The van der Waals surface area contributed by atoms with Gasteiger partial charge >= 0.3 is 0 Å². The van der Waals surface area contributed by atoms with Gasteiger partial charge in [-0.2, -0.15) is 15.0 Å². The molecule has 122 valence electrons. The number of benzene rings is 1. The van der Waals surface area contributed by atoms with Crippen LogP contribution in [0, 0.1) is 0 Å². The molecule has 0 aliphatic carbocycles. The lowest BCUT2D eigenvalue weighted by molar-refractivity contribution is 0.663. The van der Waals surface area contributed by atoms with Gasteiger partial charge in [0, 0.05) is 12.2 Å². The second-order valence-electron chi connectivity index (χ2n) is 5.65. The fraction of sp³-hybridized carbons (Fsp3) is 0.389. The van der Waals surface area contributed by atoms with Crippen molar-refractivity contribution in [2.45, 2.75) is 39.5 Å². The summed E-state index contributed by atoms with van der Waals surface area (Å²) >= 11 is 0. The van der Waals surface area contributed by atoms with Crippen LogP contribution in [0.2, 0.25) is 0 Å². The zero-order chi connectivity index (χ0) is 16.7. The van der Waals surface area contributed by atoms with Gasteiger partial charge in [0.05, 0.1) is 0 Å². The van der Waals surface area contributed by atoms with Crippen LogP contribution in [-0.4, -0.2) is 21.5 Å². The molecule has 5 heteroatoms. The van der Waals surface area contributed by atoms with Gasteiger partial charge in [-0.3, -0.25) is 0 Å². The van der Waals surface area contributed by atoms with E-state index in [0.717, 1.165) is 24.2 Å². The van der Waals surface area contributed by atoms with Crippen LogP contribution in [0.5, 0.6) is 0 Å². The van der Waals surface area contributed by atoms with Gasteiger partial charge in [-0.05, 0) is 31.1 Å². The van der Waals surface area contributed by atoms with E-state index in [1.807, 2.05) is 25.1 Å². The quantitative estimate of drug-likeness (QED) is 0.740. The normalized spacial score (nSPS) is 10.5. The highest BCUT2D eigenvalue weighted by molar-refractivity contribution is 5.61. The maximum atomic E-state index is 5.86. The number of hydrogen-bond acceptors (Lipinski definition) is 5. The first-order chi connectivity index (χ1) is 11.1. The summed E-state index contributed by atoms with van der Waals surface area (Å²) in [5, 5.41) is 0. The molecule has 0 unspecified atom stereocenters. The molecule has 0 atom stereocenters. The van der Waals surface area contributed by atoms with Crippen molar-refractivity contribution in [1.29, 1.82) is 0 Å². The van der Waals surface area contributed by atoms with E-state index >= 15 is 0 Å². The highest BCUT2D eigenvalue weighted by Crippen LogP contribution is 2.24. The first-order valence-corrected chi connectivity index (χ1v) is 8.12. The fourth-order valence-corrected chi connectivity index (χ4v) is 2.34. The lowest BCUT2D eigenvalue weighted by Crippen LogP contribution is -2.22. The highest BCUT2D eigenvalue weighted by Gasteiger charge is 2.14. The fourth-order valence-electron chi connectivity index (χ4n) is 2.34. The van der Waals surface area contributed by atoms with Crippen LogP contribution in [0.1, 0.15) is 45.4 Å². The number of allylic oxidation sites excluding steroid dienone is 1. The van der Waals surface area contributed by atoms with Gasteiger partial charge in [0.25, 0.3) is 0 Å². The third kappa shape index (κ3) is 4.77. The van der Waals surface area contributed by atoms with E-state index in [0.29, 0.717) is 11.8 Å². The zero-order valence-electron chi connectivity index (χ0n) is 14.0. The van der Waals surface area contributed by atoms with E-state index in [1.54, 1.807) is 0 Å². The van der Waals surface area contributed by atoms with E-state index in [-0.39, 0.29) is 5.95 Å². The van der Waals surface area contributed by atoms with Crippen LogP contribution in [-0.2, 0) is 0 Å². The van der Waals surface area contributed by atoms with E-state index in [2.05, 4.69) is 45.5 Å². The molecule has 2 aromatic rings. The second kappa shape index (κ2) is 8.27. The van der Waals surface area contributed by atoms with Crippen molar-refractivity contribution in [2.75, 3.05) is 17.2 Å². The van der Waals surface area contributed by atoms with Gasteiger partial charge in [-0.1, -0.05) is 51.0 Å². The van der Waals surface area contributed by atoms with Crippen LogP contribution < -0.4 is 10.6 Å².